The van der Waals surface area contributed by atoms with E-state index in [2.05, 4.69) is 22.0 Å². The van der Waals surface area contributed by atoms with E-state index in [9.17, 15) is 0 Å². The second-order valence-electron chi connectivity index (χ2n) is 5.21. The van der Waals surface area contributed by atoms with Crippen molar-refractivity contribution in [3.05, 3.63) is 30.1 Å². The fourth-order valence-electron chi connectivity index (χ4n) is 3.28. The highest BCUT2D eigenvalue weighted by Gasteiger charge is 2.40. The van der Waals surface area contributed by atoms with Crippen LogP contribution in [0.25, 0.3) is 0 Å². The lowest BCUT2D eigenvalue weighted by Crippen LogP contribution is -2.30. The van der Waals surface area contributed by atoms with E-state index >= 15 is 0 Å². The largest absolute Gasteiger partial charge is 0.327 e. The van der Waals surface area contributed by atoms with E-state index in [4.69, 9.17) is 5.73 Å². The van der Waals surface area contributed by atoms with Crippen molar-refractivity contribution in [3.8, 4) is 0 Å². The first-order valence-electron chi connectivity index (χ1n) is 6.20. The molecule has 3 nitrogen and oxygen atoms in total. The van der Waals surface area contributed by atoms with Crippen LogP contribution in [0.4, 0.5) is 0 Å². The summed E-state index contributed by atoms with van der Waals surface area (Å²) in [5, 5.41) is 0. The molecule has 2 N–H and O–H groups in total. The van der Waals surface area contributed by atoms with Gasteiger partial charge in [-0.1, -0.05) is 0 Å². The summed E-state index contributed by atoms with van der Waals surface area (Å²) < 4.78 is 0. The van der Waals surface area contributed by atoms with Crippen molar-refractivity contribution >= 4 is 0 Å². The second kappa shape index (κ2) is 4.15. The van der Waals surface area contributed by atoms with Crippen molar-refractivity contribution in [2.24, 2.45) is 17.6 Å². The summed E-state index contributed by atoms with van der Waals surface area (Å²) in [7, 11) is 0. The van der Waals surface area contributed by atoms with E-state index in [1.807, 2.05) is 12.4 Å². The van der Waals surface area contributed by atoms with Gasteiger partial charge in [0.1, 0.15) is 0 Å². The molecule has 3 unspecified atom stereocenters. The summed E-state index contributed by atoms with van der Waals surface area (Å²) in [6.07, 6.45) is 6.31. The van der Waals surface area contributed by atoms with Crippen molar-refractivity contribution in [2.45, 2.75) is 25.4 Å². The molecule has 86 valence electrons. The van der Waals surface area contributed by atoms with Crippen LogP contribution in [0.15, 0.2) is 24.5 Å². The number of nitrogens with zero attached hydrogens (tertiary/aromatic N) is 2. The Morgan fingerprint density at radius 3 is 2.81 bits per heavy atom. The van der Waals surface area contributed by atoms with E-state index in [1.165, 1.54) is 31.5 Å². The minimum Gasteiger partial charge on any atom is -0.327 e. The molecule has 2 aliphatic rings. The summed E-state index contributed by atoms with van der Waals surface area (Å²) >= 11 is 0. The Kier molecular flexibility index (Phi) is 2.65. The molecular formula is C13H19N3. The average Bonchev–Trinajstić information content (AvgIpc) is 2.83. The van der Waals surface area contributed by atoms with Gasteiger partial charge in [-0.15, -0.1) is 0 Å². The van der Waals surface area contributed by atoms with Crippen LogP contribution in [0.1, 0.15) is 18.4 Å². The second-order valence-corrected chi connectivity index (χ2v) is 5.21. The standard InChI is InChI=1S/C13H19N3/c14-13-2-1-11-8-16(9-12(11)13)7-10-3-5-15-6-4-10/h3-6,11-13H,1-2,7-9,14H2. The van der Waals surface area contributed by atoms with Crippen molar-refractivity contribution in [1.29, 1.82) is 0 Å². The Bertz CT molecular complexity index is 351. The number of fused-ring (bicyclic) bond motifs is 1. The SMILES string of the molecule is NC1CCC2CN(Cc3ccncc3)CC12. The van der Waals surface area contributed by atoms with Gasteiger partial charge in [0.15, 0.2) is 0 Å². The van der Waals surface area contributed by atoms with Gasteiger partial charge < -0.3 is 5.73 Å². The van der Waals surface area contributed by atoms with Crippen LogP contribution in [0.5, 0.6) is 0 Å². The lowest BCUT2D eigenvalue weighted by atomic mass is 9.98. The summed E-state index contributed by atoms with van der Waals surface area (Å²) in [4.78, 5) is 6.60. The molecule has 3 heteroatoms. The maximum absolute atomic E-state index is 6.14. The van der Waals surface area contributed by atoms with Crippen LogP contribution in [0.3, 0.4) is 0 Å². The highest BCUT2D eigenvalue weighted by atomic mass is 15.2. The molecule has 0 aromatic carbocycles. The fourth-order valence-corrected chi connectivity index (χ4v) is 3.28. The molecule has 0 radical (unpaired) electrons. The summed E-state index contributed by atoms with van der Waals surface area (Å²) in [6, 6.07) is 4.66. The van der Waals surface area contributed by atoms with Gasteiger partial charge in [0.05, 0.1) is 0 Å². The van der Waals surface area contributed by atoms with Crippen LogP contribution >= 0.6 is 0 Å². The van der Waals surface area contributed by atoms with Crippen molar-refractivity contribution in [3.63, 3.8) is 0 Å². The van der Waals surface area contributed by atoms with E-state index in [0.717, 1.165) is 18.4 Å². The molecule has 3 rings (SSSR count). The van der Waals surface area contributed by atoms with Gasteiger partial charge >= 0.3 is 0 Å². The number of rotatable bonds is 2. The third kappa shape index (κ3) is 1.85. The lowest BCUT2D eigenvalue weighted by molar-refractivity contribution is 0.298. The Balaban J connectivity index is 1.63. The Labute approximate surface area is 96.7 Å². The molecule has 1 aromatic rings. The van der Waals surface area contributed by atoms with Gasteiger partial charge in [-0.3, -0.25) is 9.88 Å². The fraction of sp³-hybridized carbons (Fsp3) is 0.615. The Hall–Kier alpha value is -0.930. The molecular weight excluding hydrogens is 198 g/mol. The summed E-state index contributed by atoms with van der Waals surface area (Å²) in [6.45, 7) is 3.48. The zero-order chi connectivity index (χ0) is 11.0. The van der Waals surface area contributed by atoms with E-state index in [-0.39, 0.29) is 0 Å². The molecule has 0 amide bonds. The van der Waals surface area contributed by atoms with Gasteiger partial charge in [0, 0.05) is 38.1 Å². The van der Waals surface area contributed by atoms with Crippen molar-refractivity contribution < 1.29 is 0 Å². The van der Waals surface area contributed by atoms with Gasteiger partial charge in [0.25, 0.3) is 0 Å². The molecule has 2 heterocycles. The number of likely N-dealkylation sites (tertiary alicyclic amines) is 1. The Morgan fingerprint density at radius 1 is 1.25 bits per heavy atom. The first-order chi connectivity index (χ1) is 7.83. The first kappa shape index (κ1) is 10.2. The highest BCUT2D eigenvalue weighted by Crippen LogP contribution is 2.37. The zero-order valence-corrected chi connectivity index (χ0v) is 9.55. The van der Waals surface area contributed by atoms with Crippen LogP contribution in [-0.2, 0) is 6.54 Å². The molecule has 16 heavy (non-hydrogen) atoms. The quantitative estimate of drug-likeness (QED) is 0.810. The number of hydrogen-bond donors (Lipinski definition) is 1. The van der Waals surface area contributed by atoms with Crippen molar-refractivity contribution in [2.75, 3.05) is 13.1 Å². The maximum atomic E-state index is 6.14. The number of hydrogen-bond acceptors (Lipinski definition) is 3. The minimum absolute atomic E-state index is 0.451. The molecule has 0 bridgehead atoms. The van der Waals surface area contributed by atoms with E-state index in [0.29, 0.717) is 6.04 Å². The topological polar surface area (TPSA) is 42.1 Å². The van der Waals surface area contributed by atoms with Crippen molar-refractivity contribution in [1.82, 2.24) is 9.88 Å². The monoisotopic (exact) mass is 217 g/mol. The lowest BCUT2D eigenvalue weighted by Gasteiger charge is -2.18. The number of pyridine rings is 1. The molecule has 1 aromatic heterocycles. The molecule has 1 saturated carbocycles. The van der Waals surface area contributed by atoms with Crippen LogP contribution in [0, 0.1) is 11.8 Å². The van der Waals surface area contributed by atoms with Crippen LogP contribution in [0.2, 0.25) is 0 Å². The average molecular weight is 217 g/mol. The predicted octanol–water partition coefficient (Wildman–Crippen LogP) is 1.25. The van der Waals surface area contributed by atoms with Crippen LogP contribution < -0.4 is 5.73 Å². The number of nitrogens with two attached hydrogens (primary N) is 1. The molecule has 3 atom stereocenters. The number of aromatic nitrogens is 1. The normalized spacial score (nSPS) is 34.2. The molecule has 1 aliphatic heterocycles. The minimum atomic E-state index is 0.451. The highest BCUT2D eigenvalue weighted by molar-refractivity contribution is 5.10. The smallest absolute Gasteiger partial charge is 0.0271 e. The first-order valence-corrected chi connectivity index (χ1v) is 6.20. The van der Waals surface area contributed by atoms with E-state index in [1.54, 1.807) is 0 Å². The van der Waals surface area contributed by atoms with Gasteiger partial charge in [-0.25, -0.2) is 0 Å². The Morgan fingerprint density at radius 2 is 2.06 bits per heavy atom. The summed E-state index contributed by atoms with van der Waals surface area (Å²) in [5.41, 5.74) is 7.50. The molecule has 0 spiro atoms. The van der Waals surface area contributed by atoms with E-state index < -0.39 is 0 Å². The molecule has 1 saturated heterocycles. The van der Waals surface area contributed by atoms with Gasteiger partial charge in [-0.2, -0.15) is 0 Å². The third-order valence-corrected chi connectivity index (χ3v) is 4.14. The third-order valence-electron chi connectivity index (χ3n) is 4.14. The summed E-state index contributed by atoms with van der Waals surface area (Å²) in [5.74, 6) is 1.61. The molecule has 2 fully saturated rings. The van der Waals surface area contributed by atoms with Gasteiger partial charge in [0.2, 0.25) is 0 Å². The van der Waals surface area contributed by atoms with Gasteiger partial charge in [-0.05, 0) is 42.4 Å². The van der Waals surface area contributed by atoms with Crippen LogP contribution in [-0.4, -0.2) is 29.0 Å². The zero-order valence-electron chi connectivity index (χ0n) is 9.55. The molecule has 1 aliphatic carbocycles. The maximum Gasteiger partial charge on any atom is 0.0271 e. The predicted molar refractivity (Wildman–Crippen MR) is 63.7 cm³/mol.